The second-order valence-electron chi connectivity index (χ2n) is 7.89. The maximum atomic E-state index is 12.4. The number of amides is 1. The van der Waals surface area contributed by atoms with E-state index >= 15 is 0 Å². The molecule has 188 valence electrons. The number of nitrogens with one attached hydrogen (secondary N) is 2. The Morgan fingerprint density at radius 1 is 1.03 bits per heavy atom. The maximum Gasteiger partial charge on any atom is 0.256 e. The second kappa shape index (κ2) is 11.6. The highest BCUT2D eigenvalue weighted by Gasteiger charge is 2.14. The summed E-state index contributed by atoms with van der Waals surface area (Å²) in [7, 11) is 1.63. The molecule has 0 radical (unpaired) electrons. The molecule has 0 fully saturated rings. The van der Waals surface area contributed by atoms with Crippen LogP contribution < -0.4 is 21.3 Å². The largest absolute Gasteiger partial charge is 0.497 e. The van der Waals surface area contributed by atoms with E-state index in [1.165, 1.54) is 0 Å². The molecule has 3 aromatic carbocycles. The first-order chi connectivity index (χ1) is 17.9. The Hall–Kier alpha value is -4.34. The average Bonchev–Trinajstić information content (AvgIpc) is 3.33. The number of carbonyl (C=O) groups is 1. The van der Waals surface area contributed by atoms with Crippen LogP contribution in [-0.2, 0) is 6.54 Å². The molecule has 0 aliphatic carbocycles. The summed E-state index contributed by atoms with van der Waals surface area (Å²) in [6, 6.07) is 22.3. The van der Waals surface area contributed by atoms with Gasteiger partial charge in [-0.25, -0.2) is 5.43 Å². The van der Waals surface area contributed by atoms with E-state index in [9.17, 15) is 4.79 Å². The maximum absolute atomic E-state index is 12.4. The van der Waals surface area contributed by atoms with Gasteiger partial charge in [0.1, 0.15) is 11.6 Å². The van der Waals surface area contributed by atoms with Gasteiger partial charge in [0.2, 0.25) is 0 Å². The Morgan fingerprint density at radius 3 is 2.38 bits per heavy atom. The van der Waals surface area contributed by atoms with Crippen molar-refractivity contribution < 1.29 is 9.53 Å². The van der Waals surface area contributed by atoms with E-state index in [1.807, 2.05) is 59.3 Å². The van der Waals surface area contributed by atoms with Gasteiger partial charge in [-0.2, -0.15) is 5.10 Å². The first kappa shape index (κ1) is 25.7. The number of halogens is 2. The zero-order chi connectivity index (χ0) is 26.4. The van der Waals surface area contributed by atoms with E-state index in [1.54, 1.807) is 25.3 Å². The smallest absolute Gasteiger partial charge is 0.256 e. The monoisotopic (exact) mass is 535 g/mol. The van der Waals surface area contributed by atoms with Crippen LogP contribution in [0.2, 0.25) is 10.0 Å². The van der Waals surface area contributed by atoms with Crippen molar-refractivity contribution in [3.63, 3.8) is 0 Å². The predicted molar refractivity (Wildman–Crippen MR) is 144 cm³/mol. The number of aromatic nitrogens is 2. The van der Waals surface area contributed by atoms with E-state index in [2.05, 4.69) is 27.8 Å². The number of methoxy groups -OCH3 is 1. The topological polar surface area (TPSA) is 119 Å². The molecule has 0 atom stereocenters. The summed E-state index contributed by atoms with van der Waals surface area (Å²) in [5.74, 6) is 5.49. The molecular weight excluding hydrogens is 513 g/mol. The van der Waals surface area contributed by atoms with E-state index in [4.69, 9.17) is 38.9 Å². The molecule has 0 aliphatic rings. The van der Waals surface area contributed by atoms with E-state index < -0.39 is 0 Å². The van der Waals surface area contributed by atoms with Gasteiger partial charge in [0, 0.05) is 16.7 Å². The second-order valence-corrected chi connectivity index (χ2v) is 8.70. The summed E-state index contributed by atoms with van der Waals surface area (Å²) in [6.07, 6.45) is 0. The van der Waals surface area contributed by atoms with Gasteiger partial charge >= 0.3 is 0 Å². The lowest BCUT2D eigenvalue weighted by Gasteiger charge is -2.10. The lowest BCUT2D eigenvalue weighted by molar-refractivity contribution is 0.0963. The minimum absolute atomic E-state index is 0.150. The van der Waals surface area contributed by atoms with Gasteiger partial charge in [0.15, 0.2) is 0 Å². The van der Waals surface area contributed by atoms with E-state index in [0.717, 1.165) is 33.8 Å². The number of carbonyl (C=O) groups excluding carboxylic acids is 1. The number of ether oxygens (including phenoxy) is 1. The van der Waals surface area contributed by atoms with Gasteiger partial charge in [0.05, 0.1) is 35.1 Å². The van der Waals surface area contributed by atoms with Crippen LogP contribution in [0.3, 0.4) is 0 Å². The Balaban J connectivity index is 1.61. The molecule has 4 rings (SSSR count). The summed E-state index contributed by atoms with van der Waals surface area (Å²) in [5, 5.41) is 14.8. The molecule has 1 heterocycles. The highest BCUT2D eigenvalue weighted by molar-refractivity contribution is 6.42. The average molecular weight is 536 g/mol. The molecule has 0 aliphatic heterocycles. The minimum atomic E-state index is -0.353. The summed E-state index contributed by atoms with van der Waals surface area (Å²) in [6.45, 7) is 4.09. The SMILES string of the molecule is C=C(NN=NN)NC(=O)c1ccc(Cn2nc(-c3ccc(OC)cc3)cc2-c2ccc(Cl)c(Cl)c2)cc1. The minimum Gasteiger partial charge on any atom is -0.497 e. The van der Waals surface area contributed by atoms with E-state index in [0.29, 0.717) is 22.2 Å². The van der Waals surface area contributed by atoms with Crippen molar-refractivity contribution in [1.29, 1.82) is 0 Å². The van der Waals surface area contributed by atoms with Crippen LogP contribution in [0, 0.1) is 0 Å². The van der Waals surface area contributed by atoms with Crippen molar-refractivity contribution >= 4 is 29.1 Å². The normalized spacial score (nSPS) is 10.9. The standard InChI is InChI=1S/C26H23Cl2N7O2/c1-16(31-34-33-29)30-26(36)19-5-3-17(4-6-19)15-35-25(20-9-12-22(27)23(28)13-20)14-24(32-35)18-7-10-21(37-2)11-8-18/h3-14H,1,15H2,2H3,(H2,29,34)(H,30,36)(H,31,33). The first-order valence-corrected chi connectivity index (χ1v) is 11.8. The van der Waals surface area contributed by atoms with Crippen molar-refractivity contribution in [2.75, 3.05) is 7.11 Å². The van der Waals surface area contributed by atoms with E-state index in [-0.39, 0.29) is 11.7 Å². The number of nitrogens with two attached hydrogens (primary N) is 1. The van der Waals surface area contributed by atoms with Crippen LogP contribution in [0.4, 0.5) is 0 Å². The van der Waals surface area contributed by atoms with Gasteiger partial charge in [-0.3, -0.25) is 9.48 Å². The third-order valence-electron chi connectivity index (χ3n) is 5.44. The number of benzene rings is 3. The number of hydrogen-bond acceptors (Lipinski definition) is 5. The van der Waals surface area contributed by atoms with Crippen LogP contribution in [0.1, 0.15) is 15.9 Å². The summed E-state index contributed by atoms with van der Waals surface area (Å²) >= 11 is 12.4. The Morgan fingerprint density at radius 2 is 1.73 bits per heavy atom. The fraction of sp³-hybridized carbons (Fsp3) is 0.0769. The Kier molecular flexibility index (Phi) is 8.07. The number of nitrogens with zero attached hydrogens (tertiary/aromatic N) is 4. The van der Waals surface area contributed by atoms with Gasteiger partial charge < -0.3 is 15.9 Å². The molecule has 1 amide bonds. The lowest BCUT2D eigenvalue weighted by atomic mass is 10.1. The van der Waals surface area contributed by atoms with Crippen molar-refractivity contribution in [2.45, 2.75) is 6.54 Å². The third kappa shape index (κ3) is 6.27. The fourth-order valence-electron chi connectivity index (χ4n) is 3.59. The molecule has 0 spiro atoms. The third-order valence-corrected chi connectivity index (χ3v) is 6.18. The number of hydrogen-bond donors (Lipinski definition) is 3. The van der Waals surface area contributed by atoms with Crippen LogP contribution in [0.5, 0.6) is 5.75 Å². The van der Waals surface area contributed by atoms with Crippen molar-refractivity contribution in [3.05, 3.63) is 106 Å². The highest BCUT2D eigenvalue weighted by atomic mass is 35.5. The Bertz CT molecular complexity index is 1450. The van der Waals surface area contributed by atoms with Crippen LogP contribution >= 0.6 is 23.2 Å². The molecule has 0 unspecified atom stereocenters. The van der Waals surface area contributed by atoms with Gasteiger partial charge in [-0.1, -0.05) is 58.4 Å². The highest BCUT2D eigenvalue weighted by Crippen LogP contribution is 2.32. The van der Waals surface area contributed by atoms with Crippen molar-refractivity contribution in [1.82, 2.24) is 20.5 Å². The summed E-state index contributed by atoms with van der Waals surface area (Å²) in [5.41, 5.74) is 7.25. The van der Waals surface area contributed by atoms with Crippen LogP contribution in [-0.4, -0.2) is 22.8 Å². The van der Waals surface area contributed by atoms with Crippen LogP contribution in [0.25, 0.3) is 22.5 Å². The molecule has 0 saturated heterocycles. The summed E-state index contributed by atoms with van der Waals surface area (Å²) in [4.78, 5) is 12.4. The van der Waals surface area contributed by atoms with Gasteiger partial charge in [0.25, 0.3) is 5.91 Å². The van der Waals surface area contributed by atoms with Crippen molar-refractivity contribution in [3.8, 4) is 28.3 Å². The quantitative estimate of drug-likeness (QED) is 0.146. The predicted octanol–water partition coefficient (Wildman–Crippen LogP) is 5.61. The molecule has 1 aromatic heterocycles. The van der Waals surface area contributed by atoms with Gasteiger partial charge in [-0.15, -0.1) is 0 Å². The van der Waals surface area contributed by atoms with Crippen molar-refractivity contribution in [2.24, 2.45) is 16.3 Å². The Labute approximate surface area is 223 Å². The van der Waals surface area contributed by atoms with Crippen LogP contribution in [0.15, 0.2) is 95.6 Å². The number of rotatable bonds is 9. The fourth-order valence-corrected chi connectivity index (χ4v) is 3.89. The summed E-state index contributed by atoms with van der Waals surface area (Å²) < 4.78 is 7.15. The molecule has 37 heavy (non-hydrogen) atoms. The molecule has 4 N–H and O–H groups in total. The molecule has 4 aromatic rings. The molecule has 0 bridgehead atoms. The zero-order valence-corrected chi connectivity index (χ0v) is 21.3. The molecule has 9 nitrogen and oxygen atoms in total. The first-order valence-electron chi connectivity index (χ1n) is 11.0. The molecular formula is C26H23Cl2N7O2. The van der Waals surface area contributed by atoms with Gasteiger partial charge in [-0.05, 0) is 60.2 Å². The molecule has 11 heteroatoms. The zero-order valence-electron chi connectivity index (χ0n) is 19.8. The molecule has 0 saturated carbocycles. The lowest BCUT2D eigenvalue weighted by Crippen LogP contribution is -2.28.